The SMILES string of the molecule is Cc1cc(C)cc(C(=O)C(C)C[C@@H](CCN2CCC3(CC2)CN(S(C)(=O)=O)c2ccccc23)c2ccc(Cl)c(Cl)c2)c1. The normalized spacial score (nSPS) is 18.2. The number of hydrogen-bond acceptors (Lipinski definition) is 4. The summed E-state index contributed by atoms with van der Waals surface area (Å²) in [5.41, 5.74) is 5.91. The third kappa shape index (κ3) is 6.57. The Labute approximate surface area is 260 Å². The first-order chi connectivity index (χ1) is 19.9. The molecular weight excluding hydrogens is 587 g/mol. The third-order valence-corrected chi connectivity index (χ3v) is 11.1. The highest BCUT2D eigenvalue weighted by atomic mass is 35.5. The van der Waals surface area contributed by atoms with Crippen molar-refractivity contribution >= 4 is 44.7 Å². The number of anilines is 1. The van der Waals surface area contributed by atoms with Gasteiger partial charge in [-0.1, -0.05) is 71.6 Å². The Kier molecular flexibility index (Phi) is 9.11. The minimum absolute atomic E-state index is 0.146. The number of carbonyl (C=O) groups excluding carboxylic acids is 1. The maximum absolute atomic E-state index is 13.5. The van der Waals surface area contributed by atoms with Crippen molar-refractivity contribution < 1.29 is 13.2 Å². The Morgan fingerprint density at radius 3 is 2.26 bits per heavy atom. The van der Waals surface area contributed by atoms with E-state index in [1.165, 1.54) is 6.26 Å². The van der Waals surface area contributed by atoms with Crippen LogP contribution in [0.3, 0.4) is 0 Å². The largest absolute Gasteiger partial charge is 0.303 e. The molecule has 2 aliphatic heterocycles. The molecule has 0 aliphatic carbocycles. The number of hydrogen-bond donors (Lipinski definition) is 0. The number of aryl methyl sites for hydroxylation is 2. The zero-order chi connectivity index (χ0) is 30.2. The molecular formula is C34H40Cl2N2O3S. The molecule has 0 radical (unpaired) electrons. The topological polar surface area (TPSA) is 57.7 Å². The van der Waals surface area contributed by atoms with Gasteiger partial charge in [0.15, 0.2) is 5.78 Å². The lowest BCUT2D eigenvalue weighted by Crippen LogP contribution is -2.46. The highest BCUT2D eigenvalue weighted by Crippen LogP contribution is 2.48. The van der Waals surface area contributed by atoms with E-state index in [2.05, 4.69) is 17.0 Å². The van der Waals surface area contributed by atoms with Gasteiger partial charge in [-0.25, -0.2) is 8.42 Å². The molecule has 1 unspecified atom stereocenters. The van der Waals surface area contributed by atoms with E-state index < -0.39 is 10.0 Å². The van der Waals surface area contributed by atoms with Crippen LogP contribution in [0.5, 0.6) is 0 Å². The van der Waals surface area contributed by atoms with E-state index in [1.54, 1.807) is 4.31 Å². The fourth-order valence-corrected chi connectivity index (χ4v) is 8.28. The summed E-state index contributed by atoms with van der Waals surface area (Å²) in [6, 6.07) is 19.8. The predicted molar refractivity (Wildman–Crippen MR) is 174 cm³/mol. The van der Waals surface area contributed by atoms with E-state index in [4.69, 9.17) is 23.2 Å². The number of fused-ring (bicyclic) bond motifs is 2. The Bertz CT molecular complexity index is 1560. The predicted octanol–water partition coefficient (Wildman–Crippen LogP) is 7.81. The number of likely N-dealkylation sites (tertiary alicyclic amines) is 1. The number of ketones is 1. The monoisotopic (exact) mass is 626 g/mol. The van der Waals surface area contributed by atoms with Crippen molar-refractivity contribution in [1.82, 2.24) is 4.90 Å². The van der Waals surface area contributed by atoms with Crippen LogP contribution in [0.25, 0.3) is 0 Å². The molecule has 5 nitrogen and oxygen atoms in total. The lowest BCUT2D eigenvalue weighted by atomic mass is 9.74. The van der Waals surface area contributed by atoms with Gasteiger partial charge in [0.1, 0.15) is 0 Å². The molecule has 42 heavy (non-hydrogen) atoms. The summed E-state index contributed by atoms with van der Waals surface area (Å²) in [5, 5.41) is 1.06. The van der Waals surface area contributed by atoms with Crippen LogP contribution in [0, 0.1) is 19.8 Å². The maximum atomic E-state index is 13.5. The number of benzene rings is 3. The average molecular weight is 628 g/mol. The van der Waals surface area contributed by atoms with E-state index in [0.717, 1.165) is 78.8 Å². The number of carbonyl (C=O) groups is 1. The molecule has 0 N–H and O–H groups in total. The van der Waals surface area contributed by atoms with Crippen LogP contribution >= 0.6 is 23.2 Å². The summed E-state index contributed by atoms with van der Waals surface area (Å²) >= 11 is 12.7. The number of Topliss-reactive ketones (excluding diaryl/α,β-unsaturated/α-hetero) is 1. The van der Waals surface area contributed by atoms with Gasteiger partial charge >= 0.3 is 0 Å². The molecule has 1 fully saturated rings. The zero-order valence-electron chi connectivity index (χ0n) is 24.9. The molecule has 8 heteroatoms. The Hall–Kier alpha value is -2.38. The Morgan fingerprint density at radius 2 is 1.62 bits per heavy atom. The number of halogens is 2. The second-order valence-electron chi connectivity index (χ2n) is 12.4. The summed E-state index contributed by atoms with van der Waals surface area (Å²) in [6.07, 6.45) is 4.73. The molecule has 2 aliphatic rings. The Balaban J connectivity index is 1.29. The fourth-order valence-electron chi connectivity index (χ4n) is 6.97. The second-order valence-corrected chi connectivity index (χ2v) is 15.2. The van der Waals surface area contributed by atoms with E-state index in [1.807, 2.05) is 69.3 Å². The van der Waals surface area contributed by atoms with Crippen LogP contribution in [0.15, 0.2) is 60.7 Å². The maximum Gasteiger partial charge on any atom is 0.232 e. The van der Waals surface area contributed by atoms with Crippen molar-refractivity contribution in [3.8, 4) is 0 Å². The van der Waals surface area contributed by atoms with E-state index in [0.29, 0.717) is 16.6 Å². The molecule has 1 saturated heterocycles. The summed E-state index contributed by atoms with van der Waals surface area (Å²) < 4.78 is 26.7. The van der Waals surface area contributed by atoms with Gasteiger partial charge in [-0.2, -0.15) is 0 Å². The van der Waals surface area contributed by atoms with Crippen LogP contribution in [0.1, 0.15) is 71.1 Å². The first-order valence-electron chi connectivity index (χ1n) is 14.7. The molecule has 3 aromatic carbocycles. The van der Waals surface area contributed by atoms with Gasteiger partial charge in [0.2, 0.25) is 10.0 Å². The average Bonchev–Trinajstić information content (AvgIpc) is 3.27. The molecule has 0 aromatic heterocycles. The van der Waals surface area contributed by atoms with Gasteiger partial charge in [0, 0.05) is 23.4 Å². The van der Waals surface area contributed by atoms with Crippen molar-refractivity contribution in [3.63, 3.8) is 0 Å². The summed E-state index contributed by atoms with van der Waals surface area (Å²) in [4.78, 5) is 16.0. The molecule has 3 aromatic rings. The molecule has 0 amide bonds. The van der Waals surface area contributed by atoms with Crippen LogP contribution in [-0.4, -0.2) is 51.5 Å². The lowest BCUT2D eigenvalue weighted by Gasteiger charge is -2.40. The van der Waals surface area contributed by atoms with E-state index in [-0.39, 0.29) is 23.0 Å². The van der Waals surface area contributed by atoms with Crippen LogP contribution in [0.2, 0.25) is 10.0 Å². The molecule has 2 atom stereocenters. The van der Waals surface area contributed by atoms with Crippen molar-refractivity contribution in [3.05, 3.63) is 98.5 Å². The number of rotatable bonds is 9. The van der Waals surface area contributed by atoms with Crippen molar-refractivity contribution in [1.29, 1.82) is 0 Å². The molecule has 224 valence electrons. The van der Waals surface area contributed by atoms with E-state index >= 15 is 0 Å². The third-order valence-electron chi connectivity index (χ3n) is 9.20. The fraction of sp³-hybridized carbons (Fsp3) is 0.441. The smallest absolute Gasteiger partial charge is 0.232 e. The van der Waals surface area contributed by atoms with Gasteiger partial charge in [-0.15, -0.1) is 0 Å². The molecule has 2 heterocycles. The van der Waals surface area contributed by atoms with Gasteiger partial charge in [-0.05, 0) is 107 Å². The van der Waals surface area contributed by atoms with Crippen molar-refractivity contribution in [2.24, 2.45) is 5.92 Å². The number of para-hydroxylation sites is 1. The standard InChI is InChI=1S/C34H40Cl2N2O3S/c1-23-17-24(2)19-28(18-23)33(39)25(3)20-27(26-9-10-30(35)31(36)21-26)11-14-37-15-12-34(13-16-37)22-38(42(4,40)41)32-8-6-5-7-29(32)34/h5-10,17-19,21,25,27H,11-16,20,22H2,1-4H3/t25?,27-/m1/s1. The second kappa shape index (κ2) is 12.3. The molecule has 5 rings (SSSR count). The first-order valence-corrected chi connectivity index (χ1v) is 17.3. The Morgan fingerprint density at radius 1 is 0.952 bits per heavy atom. The van der Waals surface area contributed by atoms with Crippen molar-refractivity contribution in [2.75, 3.05) is 36.7 Å². The molecule has 1 spiro atoms. The highest BCUT2D eigenvalue weighted by Gasteiger charge is 2.46. The number of nitrogens with zero attached hydrogens (tertiary/aromatic N) is 2. The molecule has 0 saturated carbocycles. The quantitative estimate of drug-likeness (QED) is 0.227. The minimum atomic E-state index is -3.34. The van der Waals surface area contributed by atoms with Gasteiger partial charge < -0.3 is 4.90 Å². The van der Waals surface area contributed by atoms with Crippen LogP contribution < -0.4 is 4.31 Å². The van der Waals surface area contributed by atoms with Crippen LogP contribution in [-0.2, 0) is 15.4 Å². The number of piperidine rings is 1. The number of sulfonamides is 1. The van der Waals surface area contributed by atoms with E-state index in [9.17, 15) is 13.2 Å². The van der Waals surface area contributed by atoms with Gasteiger partial charge in [-0.3, -0.25) is 9.10 Å². The van der Waals surface area contributed by atoms with Crippen molar-refractivity contribution in [2.45, 2.75) is 57.8 Å². The minimum Gasteiger partial charge on any atom is -0.303 e. The highest BCUT2D eigenvalue weighted by molar-refractivity contribution is 7.92. The summed E-state index contributed by atoms with van der Waals surface area (Å²) in [6.45, 7) is 9.29. The van der Waals surface area contributed by atoms with Gasteiger partial charge in [0.25, 0.3) is 0 Å². The van der Waals surface area contributed by atoms with Gasteiger partial charge in [0.05, 0.1) is 22.0 Å². The first kappa shape index (κ1) is 31.1. The van der Waals surface area contributed by atoms with Crippen LogP contribution in [0.4, 0.5) is 5.69 Å². The zero-order valence-corrected chi connectivity index (χ0v) is 27.2. The molecule has 0 bridgehead atoms. The lowest BCUT2D eigenvalue weighted by molar-refractivity contribution is 0.0915. The summed E-state index contributed by atoms with van der Waals surface area (Å²) in [7, 11) is -3.34. The summed E-state index contributed by atoms with van der Waals surface area (Å²) in [5.74, 6) is 0.169.